The van der Waals surface area contributed by atoms with Crippen LogP contribution >= 0.6 is 0 Å². The van der Waals surface area contributed by atoms with Crippen molar-refractivity contribution in [3.63, 3.8) is 0 Å². The Morgan fingerprint density at radius 1 is 1.00 bits per heavy atom. The number of amides is 2. The quantitative estimate of drug-likeness (QED) is 0.893. The minimum atomic E-state index is -3.51. The highest BCUT2D eigenvalue weighted by Gasteiger charge is 2.30. The van der Waals surface area contributed by atoms with E-state index in [-0.39, 0.29) is 6.03 Å². The summed E-state index contributed by atoms with van der Waals surface area (Å²) in [6.45, 7) is 3.69. The molecule has 1 heterocycles. The van der Waals surface area contributed by atoms with E-state index in [2.05, 4.69) is 5.32 Å². The second kappa shape index (κ2) is 7.88. The van der Waals surface area contributed by atoms with Crippen LogP contribution in [0.1, 0.15) is 11.1 Å². The molecule has 138 valence electrons. The van der Waals surface area contributed by atoms with E-state index in [0.717, 1.165) is 11.1 Å². The molecule has 6 nitrogen and oxygen atoms in total. The summed E-state index contributed by atoms with van der Waals surface area (Å²) in [5.41, 5.74) is 1.94. The van der Waals surface area contributed by atoms with Gasteiger partial charge in [-0.1, -0.05) is 42.5 Å². The Morgan fingerprint density at radius 2 is 1.69 bits per heavy atom. The Bertz CT molecular complexity index is 861. The molecule has 3 rings (SSSR count). The molecule has 2 aromatic rings. The van der Waals surface area contributed by atoms with Crippen LogP contribution in [0.2, 0.25) is 0 Å². The summed E-state index contributed by atoms with van der Waals surface area (Å²) in [7, 11) is -3.51. The molecule has 1 N–H and O–H groups in total. The van der Waals surface area contributed by atoms with Crippen LogP contribution in [0.4, 0.5) is 4.79 Å². The van der Waals surface area contributed by atoms with Crippen molar-refractivity contribution >= 4 is 16.1 Å². The van der Waals surface area contributed by atoms with Gasteiger partial charge in [0.1, 0.15) is 0 Å². The third kappa shape index (κ3) is 4.23. The number of nitrogens with zero attached hydrogens (tertiary/aromatic N) is 2. The second-order valence-electron chi connectivity index (χ2n) is 6.35. The molecular weight excluding hydrogens is 350 g/mol. The first kappa shape index (κ1) is 18.4. The van der Waals surface area contributed by atoms with Gasteiger partial charge in [-0.3, -0.25) is 0 Å². The zero-order valence-electron chi connectivity index (χ0n) is 14.8. The van der Waals surface area contributed by atoms with Crippen molar-refractivity contribution in [1.82, 2.24) is 14.5 Å². The largest absolute Gasteiger partial charge is 0.334 e. The Kier molecular flexibility index (Phi) is 5.58. The maximum absolute atomic E-state index is 12.7. The standard InChI is InChI=1S/C19H23N3O3S/c1-16-6-5-9-18(14-16)26(24,25)22-12-10-21(11-13-22)19(23)20-15-17-7-3-2-4-8-17/h2-9,14H,10-13,15H2,1H3,(H,20,23). The van der Waals surface area contributed by atoms with E-state index in [0.29, 0.717) is 37.6 Å². The predicted molar refractivity (Wildman–Crippen MR) is 100 cm³/mol. The van der Waals surface area contributed by atoms with Crippen molar-refractivity contribution in [2.75, 3.05) is 26.2 Å². The number of carbonyl (C=O) groups is 1. The highest BCUT2D eigenvalue weighted by Crippen LogP contribution is 2.18. The molecular formula is C19H23N3O3S. The fourth-order valence-corrected chi connectivity index (χ4v) is 4.47. The van der Waals surface area contributed by atoms with Gasteiger partial charge >= 0.3 is 6.03 Å². The van der Waals surface area contributed by atoms with Gasteiger partial charge in [0.05, 0.1) is 4.90 Å². The second-order valence-corrected chi connectivity index (χ2v) is 8.29. The SMILES string of the molecule is Cc1cccc(S(=O)(=O)N2CCN(C(=O)NCc3ccccc3)CC2)c1. The predicted octanol–water partition coefficient (Wildman–Crippen LogP) is 2.21. The van der Waals surface area contributed by atoms with E-state index in [1.165, 1.54) is 4.31 Å². The van der Waals surface area contributed by atoms with Gasteiger partial charge in [-0.25, -0.2) is 13.2 Å². The van der Waals surface area contributed by atoms with Crippen molar-refractivity contribution in [2.24, 2.45) is 0 Å². The average molecular weight is 373 g/mol. The average Bonchev–Trinajstić information content (AvgIpc) is 2.67. The number of carbonyl (C=O) groups excluding carboxylic acids is 1. The number of hydrogen-bond donors (Lipinski definition) is 1. The number of urea groups is 1. The zero-order valence-corrected chi connectivity index (χ0v) is 15.6. The van der Waals surface area contributed by atoms with E-state index in [1.807, 2.05) is 43.3 Å². The van der Waals surface area contributed by atoms with Crippen molar-refractivity contribution in [2.45, 2.75) is 18.4 Å². The molecule has 2 aromatic carbocycles. The summed E-state index contributed by atoms with van der Waals surface area (Å²) < 4.78 is 26.9. The number of piperazine rings is 1. The third-order valence-corrected chi connectivity index (χ3v) is 6.33. The van der Waals surface area contributed by atoms with E-state index in [9.17, 15) is 13.2 Å². The summed E-state index contributed by atoms with van der Waals surface area (Å²) in [4.78, 5) is 14.3. The molecule has 1 fully saturated rings. The highest BCUT2D eigenvalue weighted by atomic mass is 32.2. The van der Waals surface area contributed by atoms with Gasteiger partial charge in [-0.05, 0) is 30.2 Å². The Hall–Kier alpha value is -2.38. The lowest BCUT2D eigenvalue weighted by molar-refractivity contribution is 0.172. The maximum atomic E-state index is 12.7. The first-order valence-electron chi connectivity index (χ1n) is 8.60. The van der Waals surface area contributed by atoms with E-state index < -0.39 is 10.0 Å². The van der Waals surface area contributed by atoms with Crippen LogP contribution < -0.4 is 5.32 Å². The number of nitrogens with one attached hydrogen (secondary N) is 1. The first-order valence-corrected chi connectivity index (χ1v) is 10.0. The summed E-state index contributed by atoms with van der Waals surface area (Å²) in [5, 5.41) is 2.88. The third-order valence-electron chi connectivity index (χ3n) is 4.44. The number of sulfonamides is 1. The van der Waals surface area contributed by atoms with Gasteiger partial charge in [0.2, 0.25) is 10.0 Å². The molecule has 1 saturated heterocycles. The van der Waals surface area contributed by atoms with Crippen molar-refractivity contribution < 1.29 is 13.2 Å². The molecule has 0 saturated carbocycles. The molecule has 0 unspecified atom stereocenters. The molecule has 1 aliphatic heterocycles. The Balaban J connectivity index is 1.56. The molecule has 2 amide bonds. The number of aryl methyl sites for hydroxylation is 1. The summed E-state index contributed by atoms with van der Waals surface area (Å²) in [6.07, 6.45) is 0. The maximum Gasteiger partial charge on any atom is 0.317 e. The van der Waals surface area contributed by atoms with Crippen LogP contribution in [0.15, 0.2) is 59.5 Å². The summed E-state index contributed by atoms with van der Waals surface area (Å²) >= 11 is 0. The summed E-state index contributed by atoms with van der Waals surface area (Å²) in [6, 6.07) is 16.4. The number of rotatable bonds is 4. The van der Waals surface area contributed by atoms with Crippen molar-refractivity contribution in [1.29, 1.82) is 0 Å². The van der Waals surface area contributed by atoms with Gasteiger partial charge in [0.15, 0.2) is 0 Å². The first-order chi connectivity index (χ1) is 12.5. The van der Waals surface area contributed by atoms with E-state index in [4.69, 9.17) is 0 Å². The molecule has 0 atom stereocenters. The van der Waals surface area contributed by atoms with Crippen LogP contribution in [-0.4, -0.2) is 49.8 Å². The molecule has 0 radical (unpaired) electrons. The molecule has 1 aliphatic rings. The Labute approximate surface area is 154 Å². The lowest BCUT2D eigenvalue weighted by Crippen LogP contribution is -2.52. The van der Waals surface area contributed by atoms with Gasteiger partial charge in [0, 0.05) is 32.7 Å². The van der Waals surface area contributed by atoms with Gasteiger partial charge in [0.25, 0.3) is 0 Å². The van der Waals surface area contributed by atoms with Crippen LogP contribution in [-0.2, 0) is 16.6 Å². The minimum absolute atomic E-state index is 0.165. The van der Waals surface area contributed by atoms with Crippen LogP contribution in [0.5, 0.6) is 0 Å². The smallest absolute Gasteiger partial charge is 0.317 e. The molecule has 7 heteroatoms. The zero-order chi connectivity index (χ0) is 18.6. The number of benzene rings is 2. The fraction of sp³-hybridized carbons (Fsp3) is 0.316. The normalized spacial score (nSPS) is 15.7. The van der Waals surface area contributed by atoms with Crippen LogP contribution in [0.3, 0.4) is 0 Å². The van der Waals surface area contributed by atoms with Crippen LogP contribution in [0, 0.1) is 6.92 Å². The lowest BCUT2D eigenvalue weighted by atomic mass is 10.2. The van der Waals surface area contributed by atoms with Crippen molar-refractivity contribution in [3.8, 4) is 0 Å². The molecule has 0 spiro atoms. The van der Waals surface area contributed by atoms with E-state index >= 15 is 0 Å². The highest BCUT2D eigenvalue weighted by molar-refractivity contribution is 7.89. The van der Waals surface area contributed by atoms with Crippen molar-refractivity contribution in [3.05, 3.63) is 65.7 Å². The lowest BCUT2D eigenvalue weighted by Gasteiger charge is -2.34. The molecule has 0 aromatic heterocycles. The van der Waals surface area contributed by atoms with Crippen LogP contribution in [0.25, 0.3) is 0 Å². The Morgan fingerprint density at radius 3 is 2.35 bits per heavy atom. The molecule has 0 aliphatic carbocycles. The monoisotopic (exact) mass is 373 g/mol. The topological polar surface area (TPSA) is 69.7 Å². The fourth-order valence-electron chi connectivity index (χ4n) is 2.94. The van der Waals surface area contributed by atoms with Gasteiger partial charge in [-0.15, -0.1) is 0 Å². The van der Waals surface area contributed by atoms with E-state index in [1.54, 1.807) is 23.1 Å². The minimum Gasteiger partial charge on any atom is -0.334 e. The molecule has 0 bridgehead atoms. The van der Waals surface area contributed by atoms with Gasteiger partial charge in [-0.2, -0.15) is 4.31 Å². The van der Waals surface area contributed by atoms with Gasteiger partial charge < -0.3 is 10.2 Å². The summed E-state index contributed by atoms with van der Waals surface area (Å²) in [5.74, 6) is 0. The number of hydrogen-bond acceptors (Lipinski definition) is 3. The molecule has 26 heavy (non-hydrogen) atoms.